The summed E-state index contributed by atoms with van der Waals surface area (Å²) in [6.07, 6.45) is 0. The first kappa shape index (κ1) is 22.0. The van der Waals surface area contributed by atoms with E-state index in [0.717, 1.165) is 17.1 Å². The van der Waals surface area contributed by atoms with Gasteiger partial charge in [-0.15, -0.1) is 12.4 Å². The van der Waals surface area contributed by atoms with Gasteiger partial charge >= 0.3 is 0 Å². The maximum absolute atomic E-state index is 10.7. The third kappa shape index (κ3) is 5.87. The van der Waals surface area contributed by atoms with E-state index in [-0.39, 0.29) is 18.1 Å². The van der Waals surface area contributed by atoms with Crippen LogP contribution in [0.2, 0.25) is 10.0 Å². The topological polar surface area (TPSA) is 80.3 Å². The normalized spacial score (nSPS) is 10.4. The van der Waals surface area contributed by atoms with Crippen molar-refractivity contribution in [2.45, 2.75) is 6.54 Å². The molecular formula is C19H18Cl3N3O3. The molecule has 3 aromatic rings. The lowest BCUT2D eigenvalue weighted by Crippen LogP contribution is -2.21. The van der Waals surface area contributed by atoms with Gasteiger partial charge < -0.3 is 15.1 Å². The Kier molecular flexibility index (Phi) is 8.14. The zero-order valence-corrected chi connectivity index (χ0v) is 17.0. The Balaban J connectivity index is 0.00000280. The smallest absolute Gasteiger partial charge is 0.271 e. The molecule has 0 aliphatic rings. The Morgan fingerprint density at radius 2 is 1.86 bits per heavy atom. The summed E-state index contributed by atoms with van der Waals surface area (Å²) in [7, 11) is 0. The van der Waals surface area contributed by atoms with Crippen molar-refractivity contribution in [1.29, 1.82) is 0 Å². The highest BCUT2D eigenvalue weighted by Crippen LogP contribution is 2.26. The molecule has 3 rings (SSSR count). The lowest BCUT2D eigenvalue weighted by atomic mass is 10.2. The van der Waals surface area contributed by atoms with Gasteiger partial charge in [-0.3, -0.25) is 10.1 Å². The van der Waals surface area contributed by atoms with Crippen LogP contribution in [-0.4, -0.2) is 18.0 Å². The monoisotopic (exact) mass is 441 g/mol. The van der Waals surface area contributed by atoms with E-state index in [2.05, 4.69) is 10.6 Å². The fourth-order valence-electron chi connectivity index (χ4n) is 2.53. The minimum absolute atomic E-state index is 0. The summed E-state index contributed by atoms with van der Waals surface area (Å²) in [5.74, 6) is 1.59. The van der Waals surface area contributed by atoms with Crippen molar-refractivity contribution in [3.8, 4) is 11.3 Å². The van der Waals surface area contributed by atoms with Crippen molar-refractivity contribution in [2.24, 2.45) is 0 Å². The summed E-state index contributed by atoms with van der Waals surface area (Å²) in [5.41, 5.74) is 1.56. The Bertz CT molecular complexity index is 947. The van der Waals surface area contributed by atoms with E-state index in [4.69, 9.17) is 27.6 Å². The minimum atomic E-state index is -0.474. The molecule has 1 heterocycles. The molecule has 0 saturated heterocycles. The molecule has 1 aromatic heterocycles. The number of nitrogens with one attached hydrogen (secondary N) is 2. The standard InChI is InChI=1S/C19H17Cl2N3O3.ClH/c20-14-3-1-2-13(10-14)19-7-5-16(27-19)12-22-8-9-23-18-6-4-15(24(25)26)11-17(18)21;/h1-7,10-11,22-23H,8-9,12H2;1H. The Labute approximate surface area is 178 Å². The van der Waals surface area contributed by atoms with Gasteiger partial charge in [-0.2, -0.15) is 0 Å². The number of benzene rings is 2. The first-order chi connectivity index (χ1) is 13.0. The predicted octanol–water partition coefficient (Wildman–Crippen LogP) is 5.79. The predicted molar refractivity (Wildman–Crippen MR) is 115 cm³/mol. The zero-order chi connectivity index (χ0) is 19.2. The van der Waals surface area contributed by atoms with Crippen molar-refractivity contribution >= 4 is 47.0 Å². The van der Waals surface area contributed by atoms with Crippen molar-refractivity contribution in [3.05, 3.63) is 80.5 Å². The van der Waals surface area contributed by atoms with Crippen LogP contribution in [0.4, 0.5) is 11.4 Å². The zero-order valence-electron chi connectivity index (χ0n) is 14.7. The molecule has 0 spiro atoms. The van der Waals surface area contributed by atoms with Crippen molar-refractivity contribution in [3.63, 3.8) is 0 Å². The van der Waals surface area contributed by atoms with Crippen LogP contribution in [0.3, 0.4) is 0 Å². The summed E-state index contributed by atoms with van der Waals surface area (Å²) in [5, 5.41) is 18.1. The van der Waals surface area contributed by atoms with Gasteiger partial charge in [-0.1, -0.05) is 35.3 Å². The van der Waals surface area contributed by atoms with Crippen LogP contribution < -0.4 is 10.6 Å². The fraction of sp³-hybridized carbons (Fsp3) is 0.158. The highest BCUT2D eigenvalue weighted by molar-refractivity contribution is 6.33. The molecule has 2 aromatic carbocycles. The molecule has 0 unspecified atom stereocenters. The van der Waals surface area contributed by atoms with E-state index in [1.807, 2.05) is 36.4 Å². The molecule has 0 aliphatic heterocycles. The summed E-state index contributed by atoms with van der Waals surface area (Å²) in [6.45, 7) is 1.86. The van der Waals surface area contributed by atoms with Gasteiger partial charge in [-0.05, 0) is 30.3 Å². The summed E-state index contributed by atoms with van der Waals surface area (Å²) in [6, 6.07) is 15.7. The highest BCUT2D eigenvalue weighted by atomic mass is 35.5. The third-order valence-corrected chi connectivity index (χ3v) is 4.40. The van der Waals surface area contributed by atoms with Gasteiger partial charge in [0.05, 0.1) is 22.2 Å². The number of anilines is 1. The summed E-state index contributed by atoms with van der Waals surface area (Å²) >= 11 is 12.0. The number of nitro benzene ring substituents is 1. The van der Waals surface area contributed by atoms with E-state index in [0.29, 0.717) is 35.4 Å². The van der Waals surface area contributed by atoms with E-state index < -0.39 is 4.92 Å². The molecular weight excluding hydrogens is 425 g/mol. The molecule has 0 amide bonds. The molecule has 28 heavy (non-hydrogen) atoms. The van der Waals surface area contributed by atoms with Crippen molar-refractivity contribution in [2.75, 3.05) is 18.4 Å². The molecule has 0 radical (unpaired) electrons. The average Bonchev–Trinajstić information content (AvgIpc) is 3.11. The van der Waals surface area contributed by atoms with Gasteiger partial charge in [0.1, 0.15) is 11.5 Å². The molecule has 0 bridgehead atoms. The van der Waals surface area contributed by atoms with Crippen LogP contribution in [0.25, 0.3) is 11.3 Å². The van der Waals surface area contributed by atoms with Gasteiger partial charge in [0, 0.05) is 35.8 Å². The van der Waals surface area contributed by atoms with E-state index in [9.17, 15) is 10.1 Å². The van der Waals surface area contributed by atoms with Crippen LogP contribution in [0.5, 0.6) is 0 Å². The second-order valence-electron chi connectivity index (χ2n) is 5.80. The number of rotatable bonds is 8. The maximum Gasteiger partial charge on any atom is 0.271 e. The van der Waals surface area contributed by atoms with Crippen LogP contribution in [0, 0.1) is 10.1 Å². The van der Waals surface area contributed by atoms with Gasteiger partial charge in [0.25, 0.3) is 5.69 Å². The number of non-ortho nitro benzene ring substituents is 1. The fourth-order valence-corrected chi connectivity index (χ4v) is 2.96. The number of halogens is 3. The summed E-state index contributed by atoms with van der Waals surface area (Å²) < 4.78 is 5.82. The second-order valence-corrected chi connectivity index (χ2v) is 6.64. The van der Waals surface area contributed by atoms with Crippen LogP contribution >= 0.6 is 35.6 Å². The largest absolute Gasteiger partial charge is 0.460 e. The Hall–Kier alpha value is -2.25. The number of hydrogen-bond donors (Lipinski definition) is 2. The SMILES string of the molecule is Cl.O=[N+]([O-])c1ccc(NCCNCc2ccc(-c3cccc(Cl)c3)o2)c(Cl)c1. The number of furan rings is 1. The van der Waals surface area contributed by atoms with E-state index in [1.165, 1.54) is 12.1 Å². The van der Waals surface area contributed by atoms with Crippen LogP contribution in [0.15, 0.2) is 59.0 Å². The van der Waals surface area contributed by atoms with E-state index >= 15 is 0 Å². The van der Waals surface area contributed by atoms with E-state index in [1.54, 1.807) is 6.07 Å². The molecule has 6 nitrogen and oxygen atoms in total. The molecule has 148 valence electrons. The highest BCUT2D eigenvalue weighted by Gasteiger charge is 2.09. The van der Waals surface area contributed by atoms with Gasteiger partial charge in [-0.25, -0.2) is 0 Å². The first-order valence-electron chi connectivity index (χ1n) is 8.26. The van der Waals surface area contributed by atoms with Crippen LogP contribution in [0.1, 0.15) is 5.76 Å². The number of nitro groups is 1. The molecule has 2 N–H and O–H groups in total. The lowest BCUT2D eigenvalue weighted by molar-refractivity contribution is -0.384. The van der Waals surface area contributed by atoms with Crippen molar-refractivity contribution in [1.82, 2.24) is 5.32 Å². The van der Waals surface area contributed by atoms with Gasteiger partial charge in [0.15, 0.2) is 0 Å². The molecule has 0 aliphatic carbocycles. The molecule has 0 saturated carbocycles. The maximum atomic E-state index is 10.7. The van der Waals surface area contributed by atoms with Crippen LogP contribution in [-0.2, 0) is 6.54 Å². The molecule has 0 fully saturated rings. The third-order valence-electron chi connectivity index (χ3n) is 3.85. The van der Waals surface area contributed by atoms with Crippen molar-refractivity contribution < 1.29 is 9.34 Å². The lowest BCUT2D eigenvalue weighted by Gasteiger charge is -2.08. The Morgan fingerprint density at radius 3 is 2.57 bits per heavy atom. The molecule has 9 heteroatoms. The van der Waals surface area contributed by atoms with Gasteiger partial charge in [0.2, 0.25) is 0 Å². The number of hydrogen-bond acceptors (Lipinski definition) is 5. The first-order valence-corrected chi connectivity index (χ1v) is 9.02. The minimum Gasteiger partial charge on any atom is -0.460 e. The quantitative estimate of drug-likeness (QED) is 0.262. The summed E-state index contributed by atoms with van der Waals surface area (Å²) in [4.78, 5) is 10.2. The number of nitrogens with zero attached hydrogens (tertiary/aromatic N) is 1. The second kappa shape index (κ2) is 10.3. The average molecular weight is 443 g/mol. The molecule has 0 atom stereocenters. The Morgan fingerprint density at radius 1 is 1.04 bits per heavy atom.